The lowest BCUT2D eigenvalue weighted by Crippen LogP contribution is -2.61. The highest BCUT2D eigenvalue weighted by Gasteiger charge is 2.68. The molecule has 38 heavy (non-hydrogen) atoms. The molecule has 1 amide bonds. The number of hydrogen-bond acceptors (Lipinski definition) is 9. The molecule has 4 rings (SSSR count). The summed E-state index contributed by atoms with van der Waals surface area (Å²) in [4.78, 5) is 59.9. The molecule has 4 aliphatic carbocycles. The molecule has 208 valence electrons. The Morgan fingerprint density at radius 3 is 2.61 bits per heavy atom. The quantitative estimate of drug-likeness (QED) is 0.369. The van der Waals surface area contributed by atoms with Gasteiger partial charge in [0.15, 0.2) is 12.4 Å². The number of Topliss-reactive ketones (excluding diaryl/α,β-unsaturated/α-hetero) is 1. The van der Waals surface area contributed by atoms with Gasteiger partial charge in [-0.1, -0.05) is 25.5 Å². The van der Waals surface area contributed by atoms with Gasteiger partial charge in [-0.15, -0.1) is 0 Å². The number of rotatable bonds is 8. The summed E-state index contributed by atoms with van der Waals surface area (Å²) in [6.07, 6.45) is 6.12. The molecule has 0 spiro atoms. The average molecular weight is 531 g/mol. The van der Waals surface area contributed by atoms with Gasteiger partial charge in [0, 0.05) is 23.2 Å². The number of ketones is 2. The van der Waals surface area contributed by atoms with Crippen molar-refractivity contribution in [2.75, 3.05) is 6.61 Å². The topological polar surface area (TPSA) is 170 Å². The fourth-order valence-corrected chi connectivity index (χ4v) is 7.71. The monoisotopic (exact) mass is 530 g/mol. The summed E-state index contributed by atoms with van der Waals surface area (Å²) >= 11 is 0. The zero-order valence-corrected chi connectivity index (χ0v) is 22.0. The second-order valence-electron chi connectivity index (χ2n) is 11.8. The Morgan fingerprint density at radius 2 is 1.92 bits per heavy atom. The SMILES string of the molecule is C[C@H](NC(=O)CCC(=O)OCC(=O)[C@]1(O)CC[C@H]2[C@@H]3CCC4=CC(=O)C=C[C@]4(C)[C@H]3[C@H](O)C[C@@]21C)C(=O)[O-]. The summed E-state index contributed by atoms with van der Waals surface area (Å²) in [5.74, 6) is -3.74. The van der Waals surface area contributed by atoms with Crippen LogP contribution in [0.2, 0.25) is 0 Å². The molecule has 3 saturated carbocycles. The van der Waals surface area contributed by atoms with Crippen molar-refractivity contribution in [1.82, 2.24) is 5.32 Å². The number of allylic oxidation sites excluding steroid dienone is 4. The van der Waals surface area contributed by atoms with Crippen molar-refractivity contribution in [3.05, 3.63) is 23.8 Å². The lowest BCUT2D eigenvalue weighted by atomic mass is 9.46. The molecule has 0 aliphatic heterocycles. The van der Waals surface area contributed by atoms with E-state index >= 15 is 0 Å². The first-order chi connectivity index (χ1) is 17.7. The van der Waals surface area contributed by atoms with Gasteiger partial charge >= 0.3 is 5.97 Å². The average Bonchev–Trinajstić information content (AvgIpc) is 3.12. The van der Waals surface area contributed by atoms with Crippen molar-refractivity contribution in [3.8, 4) is 0 Å². The van der Waals surface area contributed by atoms with Crippen LogP contribution < -0.4 is 10.4 Å². The molecular formula is C28H36NO9-. The normalized spacial score (nSPS) is 38.2. The molecule has 10 nitrogen and oxygen atoms in total. The molecule has 4 aliphatic rings. The van der Waals surface area contributed by atoms with Crippen molar-refractivity contribution in [3.63, 3.8) is 0 Å². The molecule has 3 fully saturated rings. The van der Waals surface area contributed by atoms with Crippen LogP contribution in [0.1, 0.15) is 65.7 Å². The van der Waals surface area contributed by atoms with Crippen molar-refractivity contribution in [2.24, 2.45) is 28.6 Å². The number of nitrogens with one attached hydrogen (secondary N) is 1. The Morgan fingerprint density at radius 1 is 1.21 bits per heavy atom. The minimum absolute atomic E-state index is 0.0284. The zero-order chi connectivity index (χ0) is 28.0. The Balaban J connectivity index is 1.40. The minimum Gasteiger partial charge on any atom is -0.548 e. The van der Waals surface area contributed by atoms with E-state index < -0.39 is 58.8 Å². The molecule has 0 bridgehead atoms. The van der Waals surface area contributed by atoms with E-state index in [-0.39, 0.29) is 49.2 Å². The lowest BCUT2D eigenvalue weighted by molar-refractivity contribution is -0.307. The van der Waals surface area contributed by atoms with E-state index in [1.807, 2.05) is 13.0 Å². The highest BCUT2D eigenvalue weighted by molar-refractivity contribution is 6.01. The number of amides is 1. The van der Waals surface area contributed by atoms with Crippen molar-refractivity contribution >= 4 is 29.4 Å². The summed E-state index contributed by atoms with van der Waals surface area (Å²) in [7, 11) is 0. The molecule has 0 saturated heterocycles. The Labute approximate surface area is 221 Å². The van der Waals surface area contributed by atoms with Gasteiger partial charge in [0.2, 0.25) is 11.7 Å². The Bertz CT molecular complexity index is 1110. The predicted molar refractivity (Wildman–Crippen MR) is 131 cm³/mol. The van der Waals surface area contributed by atoms with Gasteiger partial charge in [0.25, 0.3) is 0 Å². The number of carbonyl (C=O) groups is 5. The lowest BCUT2D eigenvalue weighted by Gasteiger charge is -2.59. The standard InChI is InChI=1S/C28H37NO9/c1-15(25(35)36)29-22(33)6-7-23(34)38-14-21(32)28(37)11-9-19-18-5-4-16-12-17(30)8-10-26(16,2)24(18)20(31)13-27(19,28)3/h8,10,12,15,18-20,24,31,37H,4-7,9,11,13-14H2,1-3H3,(H,29,33)(H,35,36)/p-1/t15-,18-,19-,20+,24+,26-,27-,28+/m0/s1. The molecular weight excluding hydrogens is 494 g/mol. The molecule has 0 radical (unpaired) electrons. The van der Waals surface area contributed by atoms with E-state index in [1.54, 1.807) is 12.2 Å². The highest BCUT2D eigenvalue weighted by atomic mass is 16.5. The maximum atomic E-state index is 13.3. The summed E-state index contributed by atoms with van der Waals surface area (Å²) in [6.45, 7) is 4.46. The molecule has 0 aromatic rings. The van der Waals surface area contributed by atoms with Gasteiger partial charge < -0.3 is 30.2 Å². The summed E-state index contributed by atoms with van der Waals surface area (Å²) in [5, 5.41) is 36.0. The van der Waals surface area contributed by atoms with Crippen LogP contribution in [0.25, 0.3) is 0 Å². The van der Waals surface area contributed by atoms with E-state index in [0.29, 0.717) is 12.8 Å². The number of ether oxygens (including phenoxy) is 1. The third-order valence-corrected chi connectivity index (χ3v) is 9.76. The van der Waals surface area contributed by atoms with Gasteiger partial charge in [-0.05, 0) is 63.0 Å². The predicted octanol–water partition coefficient (Wildman–Crippen LogP) is 0.143. The van der Waals surface area contributed by atoms with Crippen LogP contribution in [0.5, 0.6) is 0 Å². The maximum Gasteiger partial charge on any atom is 0.306 e. The summed E-state index contributed by atoms with van der Waals surface area (Å²) in [5.41, 5.74) is -2.12. The number of aliphatic hydroxyl groups is 2. The van der Waals surface area contributed by atoms with Crippen LogP contribution in [-0.2, 0) is 28.7 Å². The van der Waals surface area contributed by atoms with Crippen molar-refractivity contribution in [2.45, 2.75) is 83.5 Å². The molecule has 8 atom stereocenters. The molecule has 0 aromatic heterocycles. The van der Waals surface area contributed by atoms with Gasteiger partial charge in [-0.2, -0.15) is 0 Å². The molecule has 10 heteroatoms. The number of hydrogen-bond donors (Lipinski definition) is 3. The fraction of sp³-hybridized carbons (Fsp3) is 0.679. The van der Waals surface area contributed by atoms with Crippen LogP contribution in [0.4, 0.5) is 0 Å². The fourth-order valence-electron chi connectivity index (χ4n) is 7.71. The second-order valence-corrected chi connectivity index (χ2v) is 11.8. The van der Waals surface area contributed by atoms with E-state index in [0.717, 1.165) is 12.0 Å². The van der Waals surface area contributed by atoms with Crippen LogP contribution >= 0.6 is 0 Å². The number of carboxylic acids is 1. The number of esters is 1. The zero-order valence-electron chi connectivity index (χ0n) is 22.0. The maximum absolute atomic E-state index is 13.3. The Hall–Kier alpha value is -2.85. The molecule has 0 aromatic carbocycles. The van der Waals surface area contributed by atoms with Crippen LogP contribution in [0.3, 0.4) is 0 Å². The number of carbonyl (C=O) groups excluding carboxylic acids is 5. The minimum atomic E-state index is -1.78. The second kappa shape index (κ2) is 10.0. The number of carboxylic acid groups (broad SMARTS) is 1. The first-order valence-electron chi connectivity index (χ1n) is 13.3. The molecule has 0 unspecified atom stereocenters. The first kappa shape index (κ1) is 28.2. The first-order valence-corrected chi connectivity index (χ1v) is 13.3. The Kier molecular flexibility index (Phi) is 7.44. The van der Waals surface area contributed by atoms with Crippen LogP contribution in [0, 0.1) is 28.6 Å². The van der Waals surface area contributed by atoms with Gasteiger partial charge in [0.05, 0.1) is 24.5 Å². The van der Waals surface area contributed by atoms with Crippen LogP contribution in [0.15, 0.2) is 23.8 Å². The van der Waals surface area contributed by atoms with Crippen LogP contribution in [-0.4, -0.2) is 64.0 Å². The smallest absolute Gasteiger partial charge is 0.306 e. The van der Waals surface area contributed by atoms with E-state index in [9.17, 15) is 39.3 Å². The van der Waals surface area contributed by atoms with Gasteiger partial charge in [-0.3, -0.25) is 19.2 Å². The van der Waals surface area contributed by atoms with E-state index in [2.05, 4.69) is 12.2 Å². The van der Waals surface area contributed by atoms with E-state index in [4.69, 9.17) is 4.74 Å². The summed E-state index contributed by atoms with van der Waals surface area (Å²) in [6, 6.07) is -1.21. The number of aliphatic hydroxyl groups excluding tert-OH is 1. The summed E-state index contributed by atoms with van der Waals surface area (Å²) < 4.78 is 5.07. The largest absolute Gasteiger partial charge is 0.548 e. The number of aliphatic carboxylic acids is 1. The third-order valence-electron chi connectivity index (χ3n) is 9.76. The van der Waals surface area contributed by atoms with Crippen molar-refractivity contribution < 1.29 is 44.0 Å². The number of fused-ring (bicyclic) bond motifs is 5. The highest BCUT2D eigenvalue weighted by Crippen LogP contribution is 2.67. The van der Waals surface area contributed by atoms with Gasteiger partial charge in [0.1, 0.15) is 5.60 Å². The van der Waals surface area contributed by atoms with Gasteiger partial charge in [-0.25, -0.2) is 0 Å². The van der Waals surface area contributed by atoms with E-state index in [1.165, 1.54) is 6.92 Å². The molecule has 3 N–H and O–H groups in total. The third kappa shape index (κ3) is 4.62. The van der Waals surface area contributed by atoms with Crippen molar-refractivity contribution in [1.29, 1.82) is 0 Å². The molecule has 0 heterocycles.